The average molecular weight is 668 g/mol. The lowest BCUT2D eigenvalue weighted by molar-refractivity contribution is -0.134. The number of nitrogens with one attached hydrogen (secondary N) is 1. The molecular weight excluding hydrogens is 631 g/mol. The Balaban J connectivity index is 1.40. The minimum absolute atomic E-state index is 0.0304. The van der Waals surface area contributed by atoms with E-state index in [2.05, 4.69) is 15.1 Å². The maximum Gasteiger partial charge on any atom is 0.334 e. The fourth-order valence-electron chi connectivity index (χ4n) is 7.75. The van der Waals surface area contributed by atoms with Gasteiger partial charge in [-0.25, -0.2) is 9.59 Å². The highest BCUT2D eigenvalue weighted by molar-refractivity contribution is 6.36. The van der Waals surface area contributed by atoms with Crippen molar-refractivity contribution in [3.63, 3.8) is 0 Å². The number of piperazine rings is 1. The van der Waals surface area contributed by atoms with E-state index < -0.39 is 35.6 Å². The number of aldehydes is 1. The zero-order valence-electron chi connectivity index (χ0n) is 25.1. The normalized spacial score (nSPS) is 26.5. The van der Waals surface area contributed by atoms with Crippen LogP contribution in [0.2, 0.25) is 10.0 Å². The molecule has 7 rings (SSSR count). The third-order valence-electron chi connectivity index (χ3n) is 10.0. The lowest BCUT2D eigenvalue weighted by Gasteiger charge is -2.51. The van der Waals surface area contributed by atoms with Crippen LogP contribution in [0.1, 0.15) is 34.7 Å². The molecule has 0 aliphatic carbocycles. The average Bonchev–Trinajstić information content (AvgIpc) is 3.07. The Hall–Kier alpha value is -3.54. The van der Waals surface area contributed by atoms with Gasteiger partial charge in [-0.2, -0.15) is 0 Å². The Labute approximate surface area is 277 Å². The quantitative estimate of drug-likeness (QED) is 0.255. The van der Waals surface area contributed by atoms with Crippen LogP contribution in [0.3, 0.4) is 0 Å². The van der Waals surface area contributed by atoms with Gasteiger partial charge in [0, 0.05) is 72.1 Å². The van der Waals surface area contributed by atoms with Gasteiger partial charge in [0.15, 0.2) is 5.78 Å². The summed E-state index contributed by atoms with van der Waals surface area (Å²) in [7, 11) is 0. The van der Waals surface area contributed by atoms with E-state index in [4.69, 9.17) is 23.2 Å². The summed E-state index contributed by atoms with van der Waals surface area (Å²) in [5.41, 5.74) is -0.368. The zero-order chi connectivity index (χ0) is 32.5. The molecule has 0 amide bonds. The Kier molecular flexibility index (Phi) is 9.63. The van der Waals surface area contributed by atoms with Gasteiger partial charge < -0.3 is 25.2 Å². The molecule has 4 atom stereocenters. The summed E-state index contributed by atoms with van der Waals surface area (Å²) in [5.74, 6) is -5.71. The van der Waals surface area contributed by atoms with Crippen LogP contribution < -0.4 is 5.32 Å². The number of halogens is 2. The van der Waals surface area contributed by atoms with Crippen molar-refractivity contribution >= 4 is 47.2 Å². The van der Waals surface area contributed by atoms with E-state index in [1.807, 2.05) is 4.90 Å². The molecule has 5 aliphatic heterocycles. The molecular formula is C34H36Cl2N4O6. The van der Waals surface area contributed by atoms with Crippen molar-refractivity contribution in [2.75, 3.05) is 45.8 Å². The van der Waals surface area contributed by atoms with E-state index >= 15 is 0 Å². The van der Waals surface area contributed by atoms with Gasteiger partial charge >= 0.3 is 11.9 Å². The number of rotatable bonds is 10. The van der Waals surface area contributed by atoms with Crippen molar-refractivity contribution < 1.29 is 29.4 Å². The number of fused-ring (bicyclic) bond motifs is 3. The fourth-order valence-corrected chi connectivity index (χ4v) is 8.38. The summed E-state index contributed by atoms with van der Waals surface area (Å²) >= 11 is 13.2. The topological polar surface area (TPSA) is 130 Å². The van der Waals surface area contributed by atoms with Crippen LogP contribution in [-0.4, -0.2) is 107 Å². The highest BCUT2D eigenvalue weighted by Gasteiger charge is 2.47. The van der Waals surface area contributed by atoms with E-state index in [9.17, 15) is 29.4 Å². The van der Waals surface area contributed by atoms with Crippen molar-refractivity contribution in [3.05, 3.63) is 92.7 Å². The van der Waals surface area contributed by atoms with Crippen LogP contribution in [0.25, 0.3) is 0 Å². The first-order valence-electron chi connectivity index (χ1n) is 15.6. The lowest BCUT2D eigenvalue weighted by atomic mass is 9.71. The molecule has 3 N–H and O–H groups in total. The molecule has 5 aliphatic rings. The first-order valence-corrected chi connectivity index (χ1v) is 16.3. The molecule has 2 aromatic rings. The number of hydrogen-bond acceptors (Lipinski definition) is 8. The molecule has 4 fully saturated rings. The monoisotopic (exact) mass is 666 g/mol. The Bertz CT molecular complexity index is 1560. The summed E-state index contributed by atoms with van der Waals surface area (Å²) in [6, 6.07) is 12.3. The van der Waals surface area contributed by atoms with Gasteiger partial charge in [0.2, 0.25) is 0 Å². The predicted octanol–water partition coefficient (Wildman–Crippen LogP) is 3.77. The number of carboxylic acids is 2. The number of benzene rings is 2. The molecule has 46 heavy (non-hydrogen) atoms. The first kappa shape index (κ1) is 32.4. The number of carbonyl (C=O) groups is 4. The third-order valence-corrected chi connectivity index (χ3v) is 10.7. The lowest BCUT2D eigenvalue weighted by Crippen LogP contribution is -2.62. The van der Waals surface area contributed by atoms with Gasteiger partial charge in [0.25, 0.3) is 0 Å². The molecule has 5 heterocycles. The largest absolute Gasteiger partial charge is 0.478 e. The molecule has 4 unspecified atom stereocenters. The number of nitrogens with zero attached hydrogens (tertiary/aromatic N) is 3. The van der Waals surface area contributed by atoms with Gasteiger partial charge in [-0.15, -0.1) is 0 Å². The van der Waals surface area contributed by atoms with Crippen molar-refractivity contribution in [2.45, 2.75) is 30.8 Å². The molecule has 242 valence electrons. The smallest absolute Gasteiger partial charge is 0.334 e. The summed E-state index contributed by atoms with van der Waals surface area (Å²) in [6.07, 6.45) is 4.25. The summed E-state index contributed by atoms with van der Waals surface area (Å²) in [4.78, 5) is 59.9. The number of carbonyl (C=O) groups excluding carboxylic acids is 2. The maximum atomic E-state index is 14.3. The summed E-state index contributed by atoms with van der Waals surface area (Å²) in [5, 5.41) is 24.1. The first-order chi connectivity index (χ1) is 22.2. The Morgan fingerprint density at radius 2 is 1.52 bits per heavy atom. The molecule has 0 aromatic heterocycles. The van der Waals surface area contributed by atoms with E-state index in [1.165, 1.54) is 31.2 Å². The highest BCUT2D eigenvalue weighted by atomic mass is 35.5. The number of piperidine rings is 3. The minimum Gasteiger partial charge on any atom is -0.478 e. The van der Waals surface area contributed by atoms with Crippen molar-refractivity contribution in [1.82, 2.24) is 20.0 Å². The standard InChI is InChI=1S/C34H36Cl2N4O6/c35-23-7-4-8-24(36)28(23)29(32(42)21-5-2-1-3-6-21)27-22(33(43)44)17-37-31(30(27)34(45)46)26(19-41)40-15-13-39(14-16-40)25-18-38-11-9-20(25)10-12-38/h1-8,17,19-20,25-27,29,37H,9-16,18H2,(H,43,44)(H,45,46). The Morgan fingerprint density at radius 1 is 0.870 bits per heavy atom. The SMILES string of the molecule is O=CC(C1=C(C(=O)O)C(C(C(=O)c2ccccc2)c2c(Cl)cccc2Cl)C(C(=O)O)=CN1)N1CCN(C2CN3CCC2CC3)CC1. The predicted molar refractivity (Wildman–Crippen MR) is 173 cm³/mol. The van der Waals surface area contributed by atoms with Crippen LogP contribution in [0.5, 0.6) is 0 Å². The molecule has 0 saturated carbocycles. The van der Waals surface area contributed by atoms with E-state index in [0.29, 0.717) is 31.3 Å². The van der Waals surface area contributed by atoms with Gasteiger partial charge in [0.05, 0.1) is 22.8 Å². The summed E-state index contributed by atoms with van der Waals surface area (Å²) < 4.78 is 0. The Morgan fingerprint density at radius 3 is 2.07 bits per heavy atom. The van der Waals surface area contributed by atoms with Crippen LogP contribution in [0.4, 0.5) is 0 Å². The number of hydrogen-bond donors (Lipinski definition) is 3. The van der Waals surface area contributed by atoms with Crippen LogP contribution in [-0.2, 0) is 14.4 Å². The molecule has 2 bridgehead atoms. The fraction of sp³-hybridized carbons (Fsp3) is 0.412. The summed E-state index contributed by atoms with van der Waals surface area (Å²) in [6.45, 7) is 5.82. The molecule has 0 spiro atoms. The van der Waals surface area contributed by atoms with Gasteiger partial charge in [0.1, 0.15) is 12.3 Å². The number of ketones is 1. The van der Waals surface area contributed by atoms with E-state index in [1.54, 1.807) is 36.4 Å². The van der Waals surface area contributed by atoms with Gasteiger partial charge in [-0.3, -0.25) is 14.6 Å². The number of aliphatic carboxylic acids is 2. The van der Waals surface area contributed by atoms with Crippen LogP contribution >= 0.6 is 23.2 Å². The molecule has 10 nitrogen and oxygen atoms in total. The third kappa shape index (κ3) is 6.12. The van der Waals surface area contributed by atoms with E-state index in [-0.39, 0.29) is 38.0 Å². The molecule has 12 heteroatoms. The molecule has 2 aromatic carbocycles. The van der Waals surface area contributed by atoms with Crippen molar-refractivity contribution in [3.8, 4) is 0 Å². The van der Waals surface area contributed by atoms with Crippen LogP contribution in [0, 0.1) is 11.8 Å². The second-order valence-corrected chi connectivity index (χ2v) is 13.2. The second kappa shape index (κ2) is 13.7. The van der Waals surface area contributed by atoms with Crippen molar-refractivity contribution in [2.24, 2.45) is 11.8 Å². The van der Waals surface area contributed by atoms with Crippen molar-refractivity contribution in [1.29, 1.82) is 0 Å². The van der Waals surface area contributed by atoms with Gasteiger partial charge in [-0.1, -0.05) is 59.6 Å². The minimum atomic E-state index is -1.52. The molecule has 4 saturated heterocycles. The van der Waals surface area contributed by atoms with Gasteiger partial charge in [-0.05, 0) is 44.0 Å². The molecule has 0 radical (unpaired) electrons. The highest BCUT2D eigenvalue weighted by Crippen LogP contribution is 2.46. The number of carboxylic acid groups (broad SMARTS) is 2. The number of Topliss-reactive ketones (excluding diaryl/α,β-unsaturated/α-hetero) is 1. The maximum absolute atomic E-state index is 14.3. The second-order valence-electron chi connectivity index (χ2n) is 12.4. The van der Waals surface area contributed by atoms with Crippen LogP contribution in [0.15, 0.2) is 71.6 Å². The zero-order valence-corrected chi connectivity index (χ0v) is 26.7. The van der Waals surface area contributed by atoms with E-state index in [0.717, 1.165) is 32.7 Å². The number of dihydropyridines is 1.